The van der Waals surface area contributed by atoms with Crippen molar-refractivity contribution < 1.29 is 19.8 Å². The first-order chi connectivity index (χ1) is 8.02. The summed E-state index contributed by atoms with van der Waals surface area (Å²) in [5.74, 6) is -0.167. The van der Waals surface area contributed by atoms with E-state index in [1.807, 2.05) is 0 Å². The molecule has 0 fully saturated rings. The van der Waals surface area contributed by atoms with E-state index >= 15 is 0 Å². The monoisotopic (exact) mass is 236 g/mol. The van der Waals surface area contributed by atoms with Crippen LogP contribution in [0, 0.1) is 0 Å². The second-order valence-corrected chi connectivity index (χ2v) is 4.04. The Balaban J connectivity index is 2.57. The molecule has 0 spiro atoms. The number of aryl methyl sites for hydroxylation is 1. The molecule has 0 radical (unpaired) electrons. The molecule has 0 atom stereocenters. The van der Waals surface area contributed by atoms with Crippen LogP contribution in [-0.4, -0.2) is 21.8 Å². The Morgan fingerprint density at radius 3 is 2.59 bits per heavy atom. The van der Waals surface area contributed by atoms with Crippen molar-refractivity contribution in [1.29, 1.82) is 0 Å². The third kappa shape index (κ3) is 4.36. The highest BCUT2D eigenvalue weighted by Gasteiger charge is 2.07. The summed E-state index contributed by atoms with van der Waals surface area (Å²) in [7, 11) is 0. The number of hydrogen-bond donors (Lipinski definition) is 2. The van der Waals surface area contributed by atoms with Crippen LogP contribution in [0.5, 0.6) is 5.75 Å². The van der Waals surface area contributed by atoms with Crippen LogP contribution in [-0.2, 0) is 22.6 Å². The maximum atomic E-state index is 11.3. The number of aliphatic hydroxyl groups excluding tert-OH is 1. The molecule has 1 rings (SSSR count). The molecule has 17 heavy (non-hydrogen) atoms. The molecule has 0 saturated heterocycles. The lowest BCUT2D eigenvalue weighted by Crippen LogP contribution is -2.05. The number of benzene rings is 1. The summed E-state index contributed by atoms with van der Waals surface area (Å²) in [6.07, 6.45) is 0.791. The Labute approximate surface area is 99.9 Å². The Morgan fingerprint density at radius 1 is 1.29 bits per heavy atom. The van der Waals surface area contributed by atoms with E-state index in [0.29, 0.717) is 18.4 Å². The molecule has 0 aliphatic heterocycles. The first-order valence-corrected chi connectivity index (χ1v) is 5.45. The van der Waals surface area contributed by atoms with Gasteiger partial charge < -0.3 is 10.2 Å². The zero-order chi connectivity index (χ0) is 12.8. The molecule has 0 aliphatic carbocycles. The van der Waals surface area contributed by atoms with Crippen LogP contribution >= 0.6 is 0 Å². The maximum absolute atomic E-state index is 11.3. The van der Waals surface area contributed by atoms with E-state index in [2.05, 4.69) is 0 Å². The first-order valence-electron chi connectivity index (χ1n) is 5.45. The highest BCUT2D eigenvalue weighted by molar-refractivity contribution is 5.97. The molecule has 0 aromatic heterocycles. The van der Waals surface area contributed by atoms with Crippen LogP contribution in [0.3, 0.4) is 0 Å². The van der Waals surface area contributed by atoms with Crippen molar-refractivity contribution in [2.45, 2.75) is 32.8 Å². The topological polar surface area (TPSA) is 74.6 Å². The van der Waals surface area contributed by atoms with Crippen molar-refractivity contribution in [3.8, 4) is 5.75 Å². The summed E-state index contributed by atoms with van der Waals surface area (Å²) < 4.78 is 0. The molecule has 92 valence electrons. The van der Waals surface area contributed by atoms with Crippen molar-refractivity contribution in [2.24, 2.45) is 0 Å². The minimum absolute atomic E-state index is 0.0229. The van der Waals surface area contributed by atoms with Gasteiger partial charge in [0.05, 0.1) is 13.0 Å². The van der Waals surface area contributed by atoms with Gasteiger partial charge in [0.15, 0.2) is 0 Å². The normalized spacial score (nSPS) is 10.2. The molecule has 1 aromatic rings. The average molecular weight is 236 g/mol. The molecule has 0 bridgehead atoms. The van der Waals surface area contributed by atoms with Gasteiger partial charge in [0.1, 0.15) is 17.3 Å². The van der Waals surface area contributed by atoms with E-state index in [9.17, 15) is 14.7 Å². The average Bonchev–Trinajstić information content (AvgIpc) is 2.27. The second kappa shape index (κ2) is 6.15. The van der Waals surface area contributed by atoms with Gasteiger partial charge in [-0.25, -0.2) is 0 Å². The van der Waals surface area contributed by atoms with E-state index in [4.69, 9.17) is 5.11 Å². The molecular formula is C13H16O4. The fraction of sp³-hybridized carbons (Fsp3) is 0.385. The summed E-state index contributed by atoms with van der Waals surface area (Å²) >= 11 is 0. The molecule has 4 heteroatoms. The third-order valence-corrected chi connectivity index (χ3v) is 2.45. The SMILES string of the molecule is CC(=O)CC(=O)CCc1ccc(O)c(CO)c1. The first kappa shape index (κ1) is 13.4. The Morgan fingerprint density at radius 2 is 2.00 bits per heavy atom. The van der Waals surface area contributed by atoms with Crippen molar-refractivity contribution in [2.75, 3.05) is 0 Å². The van der Waals surface area contributed by atoms with Gasteiger partial charge in [-0.1, -0.05) is 6.07 Å². The second-order valence-electron chi connectivity index (χ2n) is 4.04. The Hall–Kier alpha value is -1.68. The largest absolute Gasteiger partial charge is 0.508 e. The van der Waals surface area contributed by atoms with Crippen LogP contribution in [0.15, 0.2) is 18.2 Å². The number of carbonyl (C=O) groups excluding carboxylic acids is 2. The van der Waals surface area contributed by atoms with Crippen LogP contribution in [0.4, 0.5) is 0 Å². The minimum atomic E-state index is -0.235. The van der Waals surface area contributed by atoms with Crippen molar-refractivity contribution in [3.63, 3.8) is 0 Å². The van der Waals surface area contributed by atoms with Gasteiger partial charge in [0, 0.05) is 12.0 Å². The molecule has 1 aromatic carbocycles. The van der Waals surface area contributed by atoms with Crippen molar-refractivity contribution in [3.05, 3.63) is 29.3 Å². The highest BCUT2D eigenvalue weighted by Crippen LogP contribution is 2.19. The van der Waals surface area contributed by atoms with Crippen LogP contribution in [0.25, 0.3) is 0 Å². The van der Waals surface area contributed by atoms with Gasteiger partial charge in [0.25, 0.3) is 0 Å². The predicted molar refractivity (Wildman–Crippen MR) is 62.7 cm³/mol. The summed E-state index contributed by atoms with van der Waals surface area (Å²) in [5, 5.41) is 18.3. The lowest BCUT2D eigenvalue weighted by Gasteiger charge is -2.05. The minimum Gasteiger partial charge on any atom is -0.508 e. The zero-order valence-electron chi connectivity index (χ0n) is 9.77. The fourth-order valence-corrected chi connectivity index (χ4v) is 1.57. The van der Waals surface area contributed by atoms with Crippen LogP contribution < -0.4 is 0 Å². The molecule has 0 saturated carbocycles. The van der Waals surface area contributed by atoms with Crippen LogP contribution in [0.2, 0.25) is 0 Å². The van der Waals surface area contributed by atoms with Gasteiger partial charge in [-0.2, -0.15) is 0 Å². The molecular weight excluding hydrogens is 220 g/mol. The number of hydrogen-bond acceptors (Lipinski definition) is 4. The van der Waals surface area contributed by atoms with Gasteiger partial charge in [0.2, 0.25) is 0 Å². The summed E-state index contributed by atoms with van der Waals surface area (Å²) in [6.45, 7) is 1.16. The summed E-state index contributed by atoms with van der Waals surface area (Å²) in [5.41, 5.74) is 1.31. The number of carbonyl (C=O) groups is 2. The van der Waals surface area contributed by atoms with E-state index in [-0.39, 0.29) is 30.3 Å². The summed E-state index contributed by atoms with van der Waals surface area (Å²) in [4.78, 5) is 22.1. The van der Waals surface area contributed by atoms with E-state index in [1.54, 1.807) is 12.1 Å². The standard InChI is InChI=1S/C13H16O4/c1-9(15)6-12(16)4-2-10-3-5-13(17)11(7-10)8-14/h3,5,7,14,17H,2,4,6,8H2,1H3. The van der Waals surface area contributed by atoms with Gasteiger partial charge >= 0.3 is 0 Å². The number of aromatic hydroxyl groups is 1. The number of ketones is 2. The predicted octanol–water partition coefficient (Wildman–Crippen LogP) is 1.37. The van der Waals surface area contributed by atoms with Crippen LogP contribution in [0.1, 0.15) is 30.9 Å². The number of Topliss-reactive ketones (excluding diaryl/α,β-unsaturated/α-hetero) is 2. The Bertz CT molecular complexity index is 423. The van der Waals surface area contributed by atoms with E-state index < -0.39 is 0 Å². The Kier molecular flexibility index (Phi) is 4.84. The lowest BCUT2D eigenvalue weighted by molar-refractivity contribution is -0.125. The van der Waals surface area contributed by atoms with Gasteiger partial charge in [-0.15, -0.1) is 0 Å². The number of rotatable bonds is 6. The molecule has 2 N–H and O–H groups in total. The summed E-state index contributed by atoms with van der Waals surface area (Å²) in [6, 6.07) is 4.86. The molecule has 0 unspecified atom stereocenters. The zero-order valence-corrected chi connectivity index (χ0v) is 9.77. The molecule has 0 amide bonds. The third-order valence-electron chi connectivity index (χ3n) is 2.45. The maximum Gasteiger partial charge on any atom is 0.140 e. The van der Waals surface area contributed by atoms with Gasteiger partial charge in [-0.05, 0) is 31.0 Å². The fourth-order valence-electron chi connectivity index (χ4n) is 1.57. The van der Waals surface area contributed by atoms with E-state index in [0.717, 1.165) is 5.56 Å². The van der Waals surface area contributed by atoms with Crippen molar-refractivity contribution >= 4 is 11.6 Å². The van der Waals surface area contributed by atoms with Gasteiger partial charge in [-0.3, -0.25) is 9.59 Å². The van der Waals surface area contributed by atoms with E-state index in [1.165, 1.54) is 13.0 Å². The van der Waals surface area contributed by atoms with Crippen molar-refractivity contribution in [1.82, 2.24) is 0 Å². The molecule has 0 heterocycles. The molecule has 4 nitrogen and oxygen atoms in total. The lowest BCUT2D eigenvalue weighted by atomic mass is 10.0. The highest BCUT2D eigenvalue weighted by atomic mass is 16.3. The quantitative estimate of drug-likeness (QED) is 0.731. The molecule has 0 aliphatic rings. The smallest absolute Gasteiger partial charge is 0.140 e. The number of phenols is 1. The number of aliphatic hydroxyl groups is 1.